The monoisotopic (exact) mass is 309 g/mol. The second-order valence-corrected chi connectivity index (χ2v) is 4.93. The normalized spacial score (nSPS) is 11.8. The summed E-state index contributed by atoms with van der Waals surface area (Å²) in [5.74, 6) is 0.582. The molecule has 3 aromatic rings. The number of carbonyl (C=O) groups is 1. The Morgan fingerprint density at radius 3 is 2.35 bits per heavy atom. The highest BCUT2D eigenvalue weighted by Crippen LogP contribution is 2.25. The van der Waals surface area contributed by atoms with Gasteiger partial charge in [-0.2, -0.15) is 0 Å². The predicted molar refractivity (Wildman–Crippen MR) is 83.3 cm³/mol. The Balaban J connectivity index is 1.85. The summed E-state index contributed by atoms with van der Waals surface area (Å²) >= 11 is 0. The largest absolute Gasteiger partial charge is 0.436 e. The third kappa shape index (κ3) is 3.74. The third-order valence-corrected chi connectivity index (χ3v) is 3.26. The van der Waals surface area contributed by atoms with Crippen LogP contribution in [0.1, 0.15) is 17.6 Å². The first kappa shape index (κ1) is 14.8. The van der Waals surface area contributed by atoms with Gasteiger partial charge in [0.1, 0.15) is 0 Å². The van der Waals surface area contributed by atoms with Crippen LogP contribution in [0.2, 0.25) is 0 Å². The summed E-state index contributed by atoms with van der Waals surface area (Å²) in [6.07, 6.45) is -1.20. The summed E-state index contributed by atoms with van der Waals surface area (Å²) < 4.78 is 10.8. The number of nitrogens with two attached hydrogens (primary N) is 1. The lowest BCUT2D eigenvalue weighted by molar-refractivity contribution is 0.0898. The Morgan fingerprint density at radius 2 is 1.70 bits per heavy atom. The summed E-state index contributed by atoms with van der Waals surface area (Å²) in [4.78, 5) is 11.2. The second kappa shape index (κ2) is 6.74. The zero-order valence-electron chi connectivity index (χ0n) is 12.3. The fourth-order valence-corrected chi connectivity index (χ4v) is 2.21. The van der Waals surface area contributed by atoms with Crippen molar-refractivity contribution >= 4 is 6.09 Å². The molecule has 2 N–H and O–H groups in total. The first-order valence-electron chi connectivity index (χ1n) is 7.11. The van der Waals surface area contributed by atoms with Crippen LogP contribution in [-0.4, -0.2) is 16.3 Å². The van der Waals surface area contributed by atoms with Crippen LogP contribution in [0.5, 0.6) is 0 Å². The van der Waals surface area contributed by atoms with Crippen LogP contribution in [0.4, 0.5) is 4.79 Å². The highest BCUT2D eigenvalue weighted by atomic mass is 16.6. The third-order valence-electron chi connectivity index (χ3n) is 3.26. The van der Waals surface area contributed by atoms with E-state index in [1.807, 2.05) is 60.7 Å². The van der Waals surface area contributed by atoms with E-state index in [0.717, 1.165) is 11.1 Å². The van der Waals surface area contributed by atoms with E-state index < -0.39 is 12.2 Å². The number of carbonyl (C=O) groups excluding carboxylic acids is 1. The molecule has 116 valence electrons. The highest BCUT2D eigenvalue weighted by molar-refractivity contribution is 5.65. The van der Waals surface area contributed by atoms with Crippen molar-refractivity contribution in [1.29, 1.82) is 0 Å². The van der Waals surface area contributed by atoms with Crippen molar-refractivity contribution in [2.75, 3.05) is 0 Å². The van der Waals surface area contributed by atoms with Gasteiger partial charge in [0, 0.05) is 12.0 Å². The van der Waals surface area contributed by atoms with Gasteiger partial charge in [-0.05, 0) is 17.7 Å². The summed E-state index contributed by atoms with van der Waals surface area (Å²) in [7, 11) is 0. The maximum Gasteiger partial charge on any atom is 0.405 e. The van der Waals surface area contributed by atoms with Crippen molar-refractivity contribution in [1.82, 2.24) is 10.2 Å². The van der Waals surface area contributed by atoms with Gasteiger partial charge in [-0.1, -0.05) is 48.5 Å². The van der Waals surface area contributed by atoms with Crippen molar-refractivity contribution < 1.29 is 13.9 Å². The van der Waals surface area contributed by atoms with Crippen LogP contribution in [0.15, 0.2) is 65.1 Å². The quantitative estimate of drug-likeness (QED) is 0.782. The van der Waals surface area contributed by atoms with Gasteiger partial charge in [0.05, 0.1) is 0 Å². The van der Waals surface area contributed by atoms with Gasteiger partial charge in [-0.15, -0.1) is 10.2 Å². The molecule has 0 unspecified atom stereocenters. The number of benzene rings is 2. The van der Waals surface area contributed by atoms with E-state index in [1.165, 1.54) is 0 Å². The number of hydrogen-bond donors (Lipinski definition) is 1. The van der Waals surface area contributed by atoms with Crippen molar-refractivity contribution in [3.8, 4) is 11.5 Å². The average molecular weight is 309 g/mol. The Labute approximate surface area is 132 Å². The lowest BCUT2D eigenvalue weighted by Crippen LogP contribution is -2.19. The van der Waals surface area contributed by atoms with Crippen LogP contribution in [-0.2, 0) is 11.2 Å². The van der Waals surface area contributed by atoms with Gasteiger partial charge >= 0.3 is 6.09 Å². The SMILES string of the molecule is NC(=O)O[C@@H](Cc1ccccc1)c1nnc(-c2ccccc2)o1. The summed E-state index contributed by atoms with van der Waals surface area (Å²) in [5, 5.41) is 8.00. The molecule has 0 saturated heterocycles. The molecule has 1 heterocycles. The van der Waals surface area contributed by atoms with Crippen LogP contribution < -0.4 is 5.73 Å². The molecule has 1 atom stereocenters. The Morgan fingerprint density at radius 1 is 1.04 bits per heavy atom. The van der Waals surface area contributed by atoms with Gasteiger partial charge in [0.2, 0.25) is 5.89 Å². The van der Waals surface area contributed by atoms with Crippen LogP contribution in [0, 0.1) is 0 Å². The van der Waals surface area contributed by atoms with Crippen molar-refractivity contribution in [3.05, 3.63) is 72.1 Å². The van der Waals surface area contributed by atoms with Crippen LogP contribution >= 0.6 is 0 Å². The predicted octanol–water partition coefficient (Wildman–Crippen LogP) is 3.12. The molecule has 0 bridgehead atoms. The second-order valence-electron chi connectivity index (χ2n) is 4.93. The number of amides is 1. The number of nitrogens with zero attached hydrogens (tertiary/aromatic N) is 2. The number of primary amides is 1. The Kier molecular flexibility index (Phi) is 4.33. The summed E-state index contributed by atoms with van der Waals surface area (Å²) in [5.41, 5.74) is 6.92. The minimum absolute atomic E-state index is 0.214. The first-order chi connectivity index (χ1) is 11.2. The minimum Gasteiger partial charge on any atom is -0.436 e. The van der Waals surface area contributed by atoms with Crippen molar-refractivity contribution in [2.24, 2.45) is 5.73 Å². The molecule has 0 aliphatic rings. The summed E-state index contributed by atoms with van der Waals surface area (Å²) in [6, 6.07) is 18.9. The molecule has 0 aliphatic heterocycles. The van der Waals surface area contributed by atoms with Gasteiger partial charge in [0.25, 0.3) is 5.89 Å². The van der Waals surface area contributed by atoms with E-state index in [2.05, 4.69) is 10.2 Å². The Bertz CT molecular complexity index is 772. The van der Waals surface area contributed by atoms with Gasteiger partial charge < -0.3 is 14.9 Å². The van der Waals surface area contributed by atoms with Gasteiger partial charge in [-0.3, -0.25) is 0 Å². The smallest absolute Gasteiger partial charge is 0.405 e. The zero-order valence-corrected chi connectivity index (χ0v) is 12.3. The number of aromatic nitrogens is 2. The first-order valence-corrected chi connectivity index (χ1v) is 7.11. The molecule has 0 fully saturated rings. The van der Waals surface area contributed by atoms with E-state index in [0.29, 0.717) is 12.3 Å². The molecule has 1 aromatic heterocycles. The van der Waals surface area contributed by atoms with Crippen LogP contribution in [0.25, 0.3) is 11.5 Å². The van der Waals surface area contributed by atoms with E-state index in [9.17, 15) is 4.79 Å². The highest BCUT2D eigenvalue weighted by Gasteiger charge is 2.23. The zero-order chi connectivity index (χ0) is 16.1. The molecule has 0 radical (unpaired) electrons. The van der Waals surface area contributed by atoms with Gasteiger partial charge in [0.15, 0.2) is 6.10 Å². The molecule has 0 saturated carbocycles. The molecule has 23 heavy (non-hydrogen) atoms. The van der Waals surface area contributed by atoms with Crippen molar-refractivity contribution in [2.45, 2.75) is 12.5 Å². The average Bonchev–Trinajstić information content (AvgIpc) is 3.06. The molecule has 3 rings (SSSR count). The minimum atomic E-state index is -0.884. The maximum atomic E-state index is 11.2. The number of rotatable bonds is 5. The van der Waals surface area contributed by atoms with E-state index >= 15 is 0 Å². The van der Waals surface area contributed by atoms with Crippen molar-refractivity contribution in [3.63, 3.8) is 0 Å². The maximum absolute atomic E-state index is 11.2. The molecule has 2 aromatic carbocycles. The number of hydrogen-bond acceptors (Lipinski definition) is 5. The molecule has 1 amide bonds. The number of ether oxygens (including phenoxy) is 1. The fourth-order valence-electron chi connectivity index (χ4n) is 2.21. The Hall–Kier alpha value is -3.15. The molecular weight excluding hydrogens is 294 g/mol. The molecule has 6 nitrogen and oxygen atoms in total. The molecule has 0 aliphatic carbocycles. The standard InChI is InChI=1S/C17H15N3O3/c18-17(21)22-14(11-12-7-3-1-4-8-12)16-20-19-15(23-16)13-9-5-2-6-10-13/h1-10,14H,11H2,(H2,18,21)/t14-/m0/s1. The molecule has 6 heteroatoms. The van der Waals surface area contributed by atoms with Crippen LogP contribution in [0.3, 0.4) is 0 Å². The molecular formula is C17H15N3O3. The summed E-state index contributed by atoms with van der Waals surface area (Å²) in [6.45, 7) is 0. The van der Waals surface area contributed by atoms with Gasteiger partial charge in [-0.25, -0.2) is 4.79 Å². The topological polar surface area (TPSA) is 91.2 Å². The lowest BCUT2D eigenvalue weighted by Gasteiger charge is -2.12. The fraction of sp³-hybridized carbons (Fsp3) is 0.118. The van der Waals surface area contributed by atoms with E-state index in [-0.39, 0.29) is 5.89 Å². The van der Waals surface area contributed by atoms with E-state index in [1.54, 1.807) is 0 Å². The van der Waals surface area contributed by atoms with E-state index in [4.69, 9.17) is 14.9 Å². The molecule has 0 spiro atoms. The lowest BCUT2D eigenvalue weighted by atomic mass is 10.1.